The molecule has 2 unspecified atom stereocenters. The average Bonchev–Trinajstić information content (AvgIpc) is 2.53. The van der Waals surface area contributed by atoms with E-state index in [-0.39, 0.29) is 6.10 Å². The molecule has 110 valence electrons. The van der Waals surface area contributed by atoms with Crippen LogP contribution in [0.5, 0.6) is 11.5 Å². The summed E-state index contributed by atoms with van der Waals surface area (Å²) in [5, 5.41) is 3.41. The lowest BCUT2D eigenvalue weighted by Crippen LogP contribution is -2.54. The van der Waals surface area contributed by atoms with Gasteiger partial charge in [0, 0.05) is 38.8 Å². The molecule has 5 N–H and O–H groups in total. The Bertz CT molecular complexity index is 468. The van der Waals surface area contributed by atoms with E-state index in [2.05, 4.69) is 16.3 Å². The first kappa shape index (κ1) is 13.5. The molecule has 1 aromatic carbocycles. The van der Waals surface area contributed by atoms with Crippen molar-refractivity contribution < 1.29 is 9.47 Å². The molecule has 1 saturated heterocycles. The molecule has 2 heterocycles. The van der Waals surface area contributed by atoms with Crippen molar-refractivity contribution in [3.05, 3.63) is 18.2 Å². The van der Waals surface area contributed by atoms with Crippen LogP contribution in [0.2, 0.25) is 0 Å². The molecule has 2 atom stereocenters. The monoisotopic (exact) mass is 278 g/mol. The second-order valence-electron chi connectivity index (χ2n) is 5.22. The van der Waals surface area contributed by atoms with E-state index in [0.29, 0.717) is 25.7 Å². The fourth-order valence-electron chi connectivity index (χ4n) is 2.70. The minimum Gasteiger partial charge on any atom is -0.484 e. The first-order valence-corrected chi connectivity index (χ1v) is 7.12. The second kappa shape index (κ2) is 5.87. The standard InChI is InChI=1S/C14H22N4O2/c15-6-10-8-18(5-4-17-10)12-2-1-3-13-14(12)19-9-11(7-16)20-13/h1-3,10-11,17H,4-9,15-16H2. The van der Waals surface area contributed by atoms with Crippen molar-refractivity contribution in [2.45, 2.75) is 12.1 Å². The number of hydrogen-bond acceptors (Lipinski definition) is 6. The molecule has 0 aliphatic carbocycles. The number of fused-ring (bicyclic) bond motifs is 1. The van der Waals surface area contributed by atoms with Gasteiger partial charge >= 0.3 is 0 Å². The lowest BCUT2D eigenvalue weighted by atomic mass is 10.1. The molecular formula is C14H22N4O2. The zero-order chi connectivity index (χ0) is 13.9. The molecule has 6 heteroatoms. The number of anilines is 1. The summed E-state index contributed by atoms with van der Waals surface area (Å²) in [7, 11) is 0. The Labute approximate surface area is 119 Å². The van der Waals surface area contributed by atoms with Gasteiger partial charge in [-0.25, -0.2) is 0 Å². The van der Waals surface area contributed by atoms with Crippen LogP contribution in [0, 0.1) is 0 Å². The van der Waals surface area contributed by atoms with Crippen LogP contribution in [-0.2, 0) is 0 Å². The average molecular weight is 278 g/mol. The Kier molecular flexibility index (Phi) is 3.95. The lowest BCUT2D eigenvalue weighted by Gasteiger charge is -2.37. The fraction of sp³-hybridized carbons (Fsp3) is 0.571. The van der Waals surface area contributed by atoms with Crippen LogP contribution in [0.3, 0.4) is 0 Å². The molecule has 2 aliphatic rings. The van der Waals surface area contributed by atoms with Gasteiger partial charge in [0.15, 0.2) is 11.5 Å². The predicted octanol–water partition coefficient (Wildman–Crippen LogP) is -0.478. The normalized spacial score (nSPS) is 25.6. The van der Waals surface area contributed by atoms with E-state index in [1.807, 2.05) is 12.1 Å². The number of ether oxygens (including phenoxy) is 2. The molecule has 0 spiro atoms. The number of nitrogens with two attached hydrogens (primary N) is 2. The quantitative estimate of drug-likeness (QED) is 0.692. The van der Waals surface area contributed by atoms with Gasteiger partial charge < -0.3 is 31.2 Å². The number of nitrogens with one attached hydrogen (secondary N) is 1. The third kappa shape index (κ3) is 2.54. The summed E-state index contributed by atoms with van der Waals surface area (Å²) < 4.78 is 11.7. The van der Waals surface area contributed by atoms with E-state index in [4.69, 9.17) is 20.9 Å². The van der Waals surface area contributed by atoms with Crippen molar-refractivity contribution in [3.8, 4) is 11.5 Å². The molecule has 6 nitrogen and oxygen atoms in total. The molecule has 1 aromatic rings. The van der Waals surface area contributed by atoms with Crippen molar-refractivity contribution in [1.29, 1.82) is 0 Å². The molecule has 3 rings (SSSR count). The summed E-state index contributed by atoms with van der Waals surface area (Å²) in [5.41, 5.74) is 12.5. The van der Waals surface area contributed by atoms with E-state index >= 15 is 0 Å². The van der Waals surface area contributed by atoms with E-state index in [0.717, 1.165) is 36.8 Å². The first-order valence-electron chi connectivity index (χ1n) is 7.12. The van der Waals surface area contributed by atoms with Crippen LogP contribution in [0.15, 0.2) is 18.2 Å². The molecule has 0 amide bonds. The zero-order valence-electron chi connectivity index (χ0n) is 11.5. The Morgan fingerprint density at radius 3 is 3.00 bits per heavy atom. The van der Waals surface area contributed by atoms with E-state index in [9.17, 15) is 0 Å². The highest BCUT2D eigenvalue weighted by Crippen LogP contribution is 2.40. The lowest BCUT2D eigenvalue weighted by molar-refractivity contribution is 0.0972. The maximum Gasteiger partial charge on any atom is 0.184 e. The summed E-state index contributed by atoms with van der Waals surface area (Å²) in [6.07, 6.45) is -0.0578. The third-order valence-corrected chi connectivity index (χ3v) is 3.81. The van der Waals surface area contributed by atoms with Gasteiger partial charge in [-0.2, -0.15) is 0 Å². The molecule has 0 saturated carbocycles. The molecule has 20 heavy (non-hydrogen) atoms. The second-order valence-corrected chi connectivity index (χ2v) is 5.22. The number of hydrogen-bond donors (Lipinski definition) is 3. The Balaban J connectivity index is 1.84. The van der Waals surface area contributed by atoms with Crippen LogP contribution in [0.25, 0.3) is 0 Å². The highest BCUT2D eigenvalue weighted by atomic mass is 16.6. The Hall–Kier alpha value is -1.50. The molecular weight excluding hydrogens is 256 g/mol. The largest absolute Gasteiger partial charge is 0.484 e. The van der Waals surface area contributed by atoms with Gasteiger partial charge in [-0.15, -0.1) is 0 Å². The predicted molar refractivity (Wildman–Crippen MR) is 78.5 cm³/mol. The van der Waals surface area contributed by atoms with E-state index in [1.165, 1.54) is 0 Å². The topological polar surface area (TPSA) is 85.8 Å². The first-order chi connectivity index (χ1) is 9.81. The van der Waals surface area contributed by atoms with Gasteiger partial charge in [0.05, 0.1) is 5.69 Å². The molecule has 2 aliphatic heterocycles. The van der Waals surface area contributed by atoms with Crippen LogP contribution in [-0.4, -0.2) is 51.5 Å². The van der Waals surface area contributed by atoms with Gasteiger partial charge in [0.1, 0.15) is 12.7 Å². The van der Waals surface area contributed by atoms with Crippen molar-refractivity contribution in [2.75, 3.05) is 44.2 Å². The SMILES string of the molecule is NCC1CN(c2cccc3c2OCC(CN)O3)CCN1. The highest BCUT2D eigenvalue weighted by molar-refractivity contribution is 5.65. The van der Waals surface area contributed by atoms with Crippen LogP contribution in [0.4, 0.5) is 5.69 Å². The maximum atomic E-state index is 5.88. The summed E-state index contributed by atoms with van der Waals surface area (Å²) in [4.78, 5) is 2.30. The van der Waals surface area contributed by atoms with Gasteiger partial charge in [0.25, 0.3) is 0 Å². The Morgan fingerprint density at radius 1 is 1.30 bits per heavy atom. The highest BCUT2D eigenvalue weighted by Gasteiger charge is 2.26. The fourth-order valence-corrected chi connectivity index (χ4v) is 2.70. The van der Waals surface area contributed by atoms with Crippen molar-refractivity contribution in [2.24, 2.45) is 11.5 Å². The Morgan fingerprint density at radius 2 is 2.20 bits per heavy atom. The van der Waals surface area contributed by atoms with Crippen molar-refractivity contribution in [1.82, 2.24) is 5.32 Å². The van der Waals surface area contributed by atoms with Crippen molar-refractivity contribution in [3.63, 3.8) is 0 Å². The minimum atomic E-state index is -0.0578. The number of rotatable bonds is 3. The summed E-state index contributed by atoms with van der Waals surface area (Å²) in [5.74, 6) is 1.61. The summed E-state index contributed by atoms with van der Waals surface area (Å²) >= 11 is 0. The van der Waals surface area contributed by atoms with Crippen LogP contribution in [0.1, 0.15) is 0 Å². The molecule has 0 aromatic heterocycles. The van der Waals surface area contributed by atoms with E-state index in [1.54, 1.807) is 0 Å². The summed E-state index contributed by atoms with van der Waals surface area (Å²) in [6.45, 7) is 4.36. The maximum absolute atomic E-state index is 5.88. The van der Waals surface area contributed by atoms with Gasteiger partial charge in [-0.1, -0.05) is 6.07 Å². The number of piperazine rings is 1. The van der Waals surface area contributed by atoms with Crippen molar-refractivity contribution >= 4 is 5.69 Å². The van der Waals surface area contributed by atoms with Gasteiger partial charge in [0.2, 0.25) is 0 Å². The van der Waals surface area contributed by atoms with Gasteiger partial charge in [-0.05, 0) is 12.1 Å². The van der Waals surface area contributed by atoms with Crippen LogP contribution < -0.4 is 31.2 Å². The smallest absolute Gasteiger partial charge is 0.184 e. The van der Waals surface area contributed by atoms with Gasteiger partial charge in [-0.3, -0.25) is 0 Å². The number of nitrogens with zero attached hydrogens (tertiary/aromatic N) is 1. The zero-order valence-corrected chi connectivity index (χ0v) is 11.5. The van der Waals surface area contributed by atoms with E-state index < -0.39 is 0 Å². The molecule has 0 radical (unpaired) electrons. The molecule has 1 fully saturated rings. The third-order valence-electron chi connectivity index (χ3n) is 3.81. The van der Waals surface area contributed by atoms with Crippen LogP contribution >= 0.6 is 0 Å². The molecule has 0 bridgehead atoms. The minimum absolute atomic E-state index is 0.0578. The number of benzene rings is 1. The number of para-hydroxylation sites is 1. The summed E-state index contributed by atoms with van der Waals surface area (Å²) in [6, 6.07) is 6.32.